The first kappa shape index (κ1) is 21.9. The Balaban J connectivity index is 1.77. The van der Waals surface area contributed by atoms with Crippen LogP contribution in [0, 0.1) is 25.2 Å². The lowest BCUT2D eigenvalue weighted by atomic mass is 10.0. The molecule has 158 valence electrons. The number of benzene rings is 1. The number of hydrogen-bond donors (Lipinski definition) is 4. The molecular weight excluding hydrogens is 410 g/mol. The van der Waals surface area contributed by atoms with Gasteiger partial charge >= 0.3 is 0 Å². The highest BCUT2D eigenvalue weighted by Crippen LogP contribution is 2.27. The van der Waals surface area contributed by atoms with Gasteiger partial charge in [-0.3, -0.25) is 5.43 Å². The molecule has 8 nitrogen and oxygen atoms in total. The van der Waals surface area contributed by atoms with Crippen molar-refractivity contribution >= 4 is 36.0 Å². The molecular formula is C22H23N7OS. The van der Waals surface area contributed by atoms with E-state index in [0.717, 1.165) is 28.1 Å². The SMILES string of the molecule is C=C(C#N)/C=C\C(=C/C)Nc1nccc(Nc2c(C)cc(C3=NNC(S)O3)cc2C)n1. The first-order valence-electron chi connectivity index (χ1n) is 9.49. The van der Waals surface area contributed by atoms with Gasteiger partial charge in [-0.25, -0.2) is 4.98 Å². The molecule has 1 aromatic carbocycles. The summed E-state index contributed by atoms with van der Waals surface area (Å²) in [6, 6.07) is 7.76. The molecule has 0 aliphatic carbocycles. The van der Waals surface area contributed by atoms with Crippen molar-refractivity contribution in [1.29, 1.82) is 5.26 Å². The molecule has 2 aromatic rings. The highest BCUT2D eigenvalue weighted by atomic mass is 32.1. The molecule has 0 fully saturated rings. The van der Waals surface area contributed by atoms with Crippen molar-refractivity contribution in [2.24, 2.45) is 5.10 Å². The Morgan fingerprint density at radius 1 is 1.32 bits per heavy atom. The van der Waals surface area contributed by atoms with E-state index in [1.54, 1.807) is 24.4 Å². The van der Waals surface area contributed by atoms with E-state index in [1.807, 2.05) is 45.0 Å². The number of hydrogen-bond acceptors (Lipinski definition) is 9. The molecule has 1 aliphatic rings. The minimum Gasteiger partial charge on any atom is -0.441 e. The van der Waals surface area contributed by atoms with Crippen LogP contribution in [-0.2, 0) is 4.74 Å². The maximum atomic E-state index is 8.83. The Hall–Kier alpha value is -3.77. The summed E-state index contributed by atoms with van der Waals surface area (Å²) in [7, 11) is 0. The van der Waals surface area contributed by atoms with Gasteiger partial charge < -0.3 is 15.4 Å². The van der Waals surface area contributed by atoms with E-state index in [4.69, 9.17) is 10.00 Å². The van der Waals surface area contributed by atoms with E-state index >= 15 is 0 Å². The fraction of sp³-hybridized carbons (Fsp3) is 0.182. The van der Waals surface area contributed by atoms with Crippen LogP contribution in [0.1, 0.15) is 23.6 Å². The molecule has 3 rings (SSSR count). The maximum Gasteiger partial charge on any atom is 0.240 e. The van der Waals surface area contributed by atoms with Crippen LogP contribution >= 0.6 is 12.6 Å². The summed E-state index contributed by atoms with van der Waals surface area (Å²) in [6.07, 6.45) is 6.90. The lowest BCUT2D eigenvalue weighted by molar-refractivity contribution is 0.282. The van der Waals surface area contributed by atoms with Gasteiger partial charge in [-0.1, -0.05) is 12.7 Å². The van der Waals surface area contributed by atoms with Crippen molar-refractivity contribution in [2.45, 2.75) is 26.3 Å². The summed E-state index contributed by atoms with van der Waals surface area (Å²) >= 11 is 4.20. The first-order valence-corrected chi connectivity index (χ1v) is 10.0. The van der Waals surface area contributed by atoms with Crippen LogP contribution in [0.5, 0.6) is 0 Å². The number of hydrazone groups is 1. The molecule has 1 aromatic heterocycles. The van der Waals surface area contributed by atoms with Gasteiger partial charge in [-0.15, -0.1) is 17.7 Å². The molecule has 1 atom stereocenters. The van der Waals surface area contributed by atoms with Crippen molar-refractivity contribution in [3.63, 3.8) is 0 Å². The van der Waals surface area contributed by atoms with Gasteiger partial charge in [-0.05, 0) is 62.2 Å². The number of allylic oxidation sites excluding steroid dienone is 4. The molecule has 1 aliphatic heterocycles. The summed E-state index contributed by atoms with van der Waals surface area (Å²) in [6.45, 7) is 9.52. The van der Waals surface area contributed by atoms with E-state index in [-0.39, 0.29) is 0 Å². The number of nitriles is 1. The molecule has 0 saturated heterocycles. The van der Waals surface area contributed by atoms with Gasteiger partial charge in [0.2, 0.25) is 17.4 Å². The Labute approximate surface area is 186 Å². The average molecular weight is 434 g/mol. The summed E-state index contributed by atoms with van der Waals surface area (Å²) in [5, 5.41) is 19.5. The minimum atomic E-state index is -0.435. The number of nitrogens with one attached hydrogen (secondary N) is 3. The third kappa shape index (κ3) is 5.65. The third-order valence-corrected chi connectivity index (χ3v) is 4.58. The smallest absolute Gasteiger partial charge is 0.240 e. The number of nitrogens with zero attached hydrogens (tertiary/aromatic N) is 4. The Morgan fingerprint density at radius 3 is 2.68 bits per heavy atom. The monoisotopic (exact) mass is 433 g/mol. The highest BCUT2D eigenvalue weighted by molar-refractivity contribution is 7.80. The van der Waals surface area contributed by atoms with Crippen LogP contribution in [0.25, 0.3) is 0 Å². The molecule has 0 radical (unpaired) electrons. The molecule has 9 heteroatoms. The van der Waals surface area contributed by atoms with Crippen LogP contribution in [-0.4, -0.2) is 21.4 Å². The van der Waals surface area contributed by atoms with Crippen LogP contribution < -0.4 is 16.1 Å². The predicted molar refractivity (Wildman–Crippen MR) is 126 cm³/mol. The number of ether oxygens (including phenoxy) is 1. The number of aromatic nitrogens is 2. The standard InChI is InChI=1S/C22H23N7OS/c1-5-17(7-6-13(2)12-23)25-21-24-9-8-18(27-21)26-19-14(3)10-16(11-15(19)4)20-28-29-22(31)30-20/h5-11,22,29,31H,2H2,1,3-4H3,(H2,24,25,26,27)/b7-6-,17-5+. The summed E-state index contributed by atoms with van der Waals surface area (Å²) in [5.41, 5.74) is 7.30. The molecule has 0 amide bonds. The van der Waals surface area contributed by atoms with Gasteiger partial charge in [-0.2, -0.15) is 10.2 Å². The largest absolute Gasteiger partial charge is 0.441 e. The predicted octanol–water partition coefficient (Wildman–Crippen LogP) is 4.28. The summed E-state index contributed by atoms with van der Waals surface area (Å²) in [4.78, 5) is 8.79. The first-order chi connectivity index (χ1) is 14.9. The second-order valence-electron chi connectivity index (χ2n) is 6.73. The summed E-state index contributed by atoms with van der Waals surface area (Å²) in [5.74, 6) is 1.58. The van der Waals surface area contributed by atoms with Gasteiger partial charge in [0.15, 0.2) is 0 Å². The molecule has 0 spiro atoms. The molecule has 31 heavy (non-hydrogen) atoms. The zero-order chi connectivity index (χ0) is 22.4. The fourth-order valence-corrected chi connectivity index (χ4v) is 3.03. The van der Waals surface area contributed by atoms with Crippen molar-refractivity contribution in [1.82, 2.24) is 15.4 Å². The fourth-order valence-electron chi connectivity index (χ4n) is 2.87. The Bertz CT molecular complexity index is 1110. The average Bonchev–Trinajstić information content (AvgIpc) is 3.20. The lowest BCUT2D eigenvalue weighted by Gasteiger charge is -2.15. The quantitative estimate of drug-likeness (QED) is 0.293. The Kier molecular flexibility index (Phi) is 6.95. The molecule has 1 unspecified atom stereocenters. The van der Waals surface area contributed by atoms with Crippen molar-refractivity contribution in [3.05, 3.63) is 77.2 Å². The van der Waals surface area contributed by atoms with Crippen molar-refractivity contribution in [2.75, 3.05) is 10.6 Å². The topological polar surface area (TPSA) is 107 Å². The zero-order valence-electron chi connectivity index (χ0n) is 17.5. The van der Waals surface area contributed by atoms with Crippen molar-refractivity contribution in [3.8, 4) is 6.07 Å². The van der Waals surface area contributed by atoms with Gasteiger partial charge in [0.1, 0.15) is 5.82 Å². The normalized spacial score (nSPS) is 15.6. The second kappa shape index (κ2) is 9.82. The van der Waals surface area contributed by atoms with Gasteiger partial charge in [0.25, 0.3) is 0 Å². The van der Waals surface area contributed by atoms with Gasteiger partial charge in [0.05, 0.1) is 6.07 Å². The summed E-state index contributed by atoms with van der Waals surface area (Å²) < 4.78 is 5.54. The van der Waals surface area contributed by atoms with Crippen LogP contribution in [0.2, 0.25) is 0 Å². The lowest BCUT2D eigenvalue weighted by Crippen LogP contribution is -2.14. The maximum absolute atomic E-state index is 8.83. The second-order valence-corrected chi connectivity index (χ2v) is 7.20. The zero-order valence-corrected chi connectivity index (χ0v) is 18.4. The van der Waals surface area contributed by atoms with E-state index < -0.39 is 5.56 Å². The van der Waals surface area contributed by atoms with Crippen LogP contribution in [0.15, 0.2) is 65.6 Å². The number of thiol groups is 1. The van der Waals surface area contributed by atoms with E-state index in [9.17, 15) is 0 Å². The van der Waals surface area contributed by atoms with E-state index in [0.29, 0.717) is 23.2 Å². The molecule has 0 saturated carbocycles. The minimum absolute atomic E-state index is 0.363. The van der Waals surface area contributed by atoms with Crippen LogP contribution in [0.3, 0.4) is 0 Å². The molecule has 3 N–H and O–H groups in total. The number of rotatable bonds is 7. The third-order valence-electron chi connectivity index (χ3n) is 4.36. The number of anilines is 3. The molecule has 2 heterocycles. The van der Waals surface area contributed by atoms with E-state index in [1.165, 1.54) is 0 Å². The van der Waals surface area contributed by atoms with Gasteiger partial charge in [0, 0.05) is 28.7 Å². The molecule has 0 bridgehead atoms. The van der Waals surface area contributed by atoms with Crippen LogP contribution in [0.4, 0.5) is 17.5 Å². The highest BCUT2D eigenvalue weighted by Gasteiger charge is 2.18. The van der Waals surface area contributed by atoms with E-state index in [2.05, 4.69) is 50.3 Å². The Morgan fingerprint density at radius 2 is 2.06 bits per heavy atom. The number of aryl methyl sites for hydroxylation is 2. The van der Waals surface area contributed by atoms with Crippen molar-refractivity contribution < 1.29 is 4.74 Å².